The highest BCUT2D eigenvalue weighted by Crippen LogP contribution is 2.17. The molecular formula is C18H22N2S. The van der Waals surface area contributed by atoms with Gasteiger partial charge in [-0.15, -0.1) is 0 Å². The molecule has 0 aliphatic rings. The molecule has 0 aliphatic heterocycles. The van der Waals surface area contributed by atoms with E-state index in [4.69, 9.17) is 12.2 Å². The van der Waals surface area contributed by atoms with Gasteiger partial charge in [-0.2, -0.15) is 0 Å². The quantitative estimate of drug-likeness (QED) is 0.806. The molecule has 0 saturated carbocycles. The molecule has 0 bridgehead atoms. The number of hydrogen-bond acceptors (Lipinski definition) is 1. The molecule has 0 aliphatic carbocycles. The van der Waals surface area contributed by atoms with Gasteiger partial charge in [0.15, 0.2) is 5.11 Å². The summed E-state index contributed by atoms with van der Waals surface area (Å²) in [5.41, 5.74) is 4.88. The normalized spacial score (nSPS) is 10.5. The smallest absolute Gasteiger partial charge is 0.171 e. The monoisotopic (exact) mass is 298 g/mol. The maximum atomic E-state index is 5.34. The Morgan fingerprint density at radius 3 is 2.33 bits per heavy atom. The molecular weight excluding hydrogens is 276 g/mol. The van der Waals surface area contributed by atoms with Crippen LogP contribution in [-0.4, -0.2) is 5.11 Å². The fraction of sp³-hybridized carbons (Fsp3) is 0.278. The van der Waals surface area contributed by atoms with Crippen molar-refractivity contribution in [2.75, 3.05) is 5.32 Å². The first-order chi connectivity index (χ1) is 10.1. The molecule has 0 fully saturated rings. The fourth-order valence-corrected chi connectivity index (χ4v) is 2.30. The molecule has 110 valence electrons. The van der Waals surface area contributed by atoms with Crippen molar-refractivity contribution < 1.29 is 0 Å². The van der Waals surface area contributed by atoms with Gasteiger partial charge in [0.25, 0.3) is 0 Å². The van der Waals surface area contributed by atoms with Crippen LogP contribution in [0.25, 0.3) is 0 Å². The van der Waals surface area contributed by atoms with E-state index >= 15 is 0 Å². The standard InChI is InChI=1S/C18H22N2S/c1-13(2)15-8-10-17(11-9-15)20-18(21)19-12-16-7-5-4-6-14(16)3/h4-11,13H,12H2,1-3H3,(H2,19,20,21). The topological polar surface area (TPSA) is 24.1 Å². The summed E-state index contributed by atoms with van der Waals surface area (Å²) in [6.07, 6.45) is 0. The second-order valence-corrected chi connectivity index (χ2v) is 5.92. The van der Waals surface area contributed by atoms with E-state index in [0.29, 0.717) is 11.0 Å². The minimum Gasteiger partial charge on any atom is -0.358 e. The number of rotatable bonds is 4. The Hall–Kier alpha value is -1.87. The Morgan fingerprint density at radius 1 is 1.05 bits per heavy atom. The van der Waals surface area contributed by atoms with Crippen molar-refractivity contribution in [3.8, 4) is 0 Å². The minimum atomic E-state index is 0.546. The van der Waals surface area contributed by atoms with E-state index in [1.165, 1.54) is 16.7 Å². The third-order valence-corrected chi connectivity index (χ3v) is 3.78. The van der Waals surface area contributed by atoms with E-state index in [1.807, 2.05) is 12.1 Å². The van der Waals surface area contributed by atoms with Gasteiger partial charge in [-0.25, -0.2) is 0 Å². The molecule has 0 atom stereocenters. The molecule has 0 spiro atoms. The second-order valence-electron chi connectivity index (χ2n) is 5.51. The van der Waals surface area contributed by atoms with Crippen LogP contribution in [0.15, 0.2) is 48.5 Å². The first-order valence-electron chi connectivity index (χ1n) is 7.25. The van der Waals surface area contributed by atoms with Crippen LogP contribution >= 0.6 is 12.2 Å². The van der Waals surface area contributed by atoms with E-state index in [1.54, 1.807) is 0 Å². The van der Waals surface area contributed by atoms with Crippen LogP contribution in [0, 0.1) is 6.92 Å². The molecule has 2 nitrogen and oxygen atoms in total. The van der Waals surface area contributed by atoms with E-state index in [9.17, 15) is 0 Å². The third kappa shape index (κ3) is 4.57. The summed E-state index contributed by atoms with van der Waals surface area (Å²) in [4.78, 5) is 0. The van der Waals surface area contributed by atoms with Crippen molar-refractivity contribution in [3.05, 3.63) is 65.2 Å². The van der Waals surface area contributed by atoms with Crippen LogP contribution in [0.1, 0.15) is 36.5 Å². The molecule has 2 aromatic rings. The van der Waals surface area contributed by atoms with Crippen molar-refractivity contribution in [2.45, 2.75) is 33.2 Å². The van der Waals surface area contributed by atoms with Crippen molar-refractivity contribution in [1.29, 1.82) is 0 Å². The molecule has 0 radical (unpaired) electrons. The highest BCUT2D eigenvalue weighted by Gasteiger charge is 2.02. The van der Waals surface area contributed by atoms with Gasteiger partial charge in [0.05, 0.1) is 0 Å². The summed E-state index contributed by atoms with van der Waals surface area (Å²) in [7, 11) is 0. The largest absolute Gasteiger partial charge is 0.358 e. The number of thiocarbonyl (C=S) groups is 1. The van der Waals surface area contributed by atoms with E-state index in [-0.39, 0.29) is 0 Å². The van der Waals surface area contributed by atoms with Crippen LogP contribution in [-0.2, 0) is 6.54 Å². The predicted octanol–water partition coefficient (Wildman–Crippen LogP) is 4.61. The Morgan fingerprint density at radius 2 is 1.71 bits per heavy atom. The lowest BCUT2D eigenvalue weighted by molar-refractivity contribution is 0.867. The second kappa shape index (κ2) is 7.23. The molecule has 0 aromatic heterocycles. The van der Waals surface area contributed by atoms with Gasteiger partial charge in [0.2, 0.25) is 0 Å². The van der Waals surface area contributed by atoms with Gasteiger partial charge in [0, 0.05) is 12.2 Å². The zero-order valence-electron chi connectivity index (χ0n) is 12.8. The lowest BCUT2D eigenvalue weighted by Crippen LogP contribution is -2.28. The first-order valence-corrected chi connectivity index (χ1v) is 7.66. The summed E-state index contributed by atoms with van der Waals surface area (Å²) < 4.78 is 0. The Bertz CT molecular complexity index is 603. The maximum absolute atomic E-state index is 5.34. The summed E-state index contributed by atoms with van der Waals surface area (Å²) in [6, 6.07) is 16.7. The summed E-state index contributed by atoms with van der Waals surface area (Å²) in [6.45, 7) is 7.23. The SMILES string of the molecule is Cc1ccccc1CNC(=S)Nc1ccc(C(C)C)cc1. The first kappa shape index (κ1) is 15.5. The van der Waals surface area contributed by atoms with Crippen molar-refractivity contribution >= 4 is 23.0 Å². The van der Waals surface area contributed by atoms with E-state index in [2.05, 4.69) is 67.8 Å². The molecule has 0 saturated heterocycles. The zero-order chi connectivity index (χ0) is 15.2. The van der Waals surface area contributed by atoms with Crippen LogP contribution in [0.4, 0.5) is 5.69 Å². The number of anilines is 1. The third-order valence-electron chi connectivity index (χ3n) is 3.54. The van der Waals surface area contributed by atoms with E-state index < -0.39 is 0 Å². The van der Waals surface area contributed by atoms with Gasteiger partial charge in [-0.3, -0.25) is 0 Å². The highest BCUT2D eigenvalue weighted by atomic mass is 32.1. The average molecular weight is 298 g/mol. The molecule has 3 heteroatoms. The summed E-state index contributed by atoms with van der Waals surface area (Å²) >= 11 is 5.34. The van der Waals surface area contributed by atoms with Gasteiger partial charge in [-0.1, -0.05) is 50.2 Å². The number of nitrogens with one attached hydrogen (secondary N) is 2. The van der Waals surface area contributed by atoms with Gasteiger partial charge < -0.3 is 10.6 Å². The molecule has 0 heterocycles. The van der Waals surface area contributed by atoms with Crippen LogP contribution in [0.5, 0.6) is 0 Å². The van der Waals surface area contributed by atoms with Crippen LogP contribution in [0.2, 0.25) is 0 Å². The van der Waals surface area contributed by atoms with Gasteiger partial charge in [0.1, 0.15) is 0 Å². The predicted molar refractivity (Wildman–Crippen MR) is 94.8 cm³/mol. The van der Waals surface area contributed by atoms with Gasteiger partial charge in [-0.05, 0) is 53.9 Å². The molecule has 21 heavy (non-hydrogen) atoms. The van der Waals surface area contributed by atoms with Crippen LogP contribution < -0.4 is 10.6 Å². The van der Waals surface area contributed by atoms with Crippen molar-refractivity contribution in [1.82, 2.24) is 5.32 Å². The fourth-order valence-electron chi connectivity index (χ4n) is 2.11. The molecule has 0 amide bonds. The zero-order valence-corrected chi connectivity index (χ0v) is 13.6. The highest BCUT2D eigenvalue weighted by molar-refractivity contribution is 7.80. The van der Waals surface area contributed by atoms with Crippen molar-refractivity contribution in [2.24, 2.45) is 0 Å². The number of aryl methyl sites for hydroxylation is 1. The number of benzene rings is 2. The Labute approximate surface area is 132 Å². The van der Waals surface area contributed by atoms with Crippen molar-refractivity contribution in [3.63, 3.8) is 0 Å². The number of hydrogen-bond donors (Lipinski definition) is 2. The Balaban J connectivity index is 1.88. The molecule has 2 N–H and O–H groups in total. The van der Waals surface area contributed by atoms with E-state index in [0.717, 1.165) is 12.2 Å². The Kier molecular flexibility index (Phi) is 5.34. The maximum Gasteiger partial charge on any atom is 0.171 e. The molecule has 2 rings (SSSR count). The molecule has 2 aromatic carbocycles. The average Bonchev–Trinajstić information content (AvgIpc) is 2.47. The van der Waals surface area contributed by atoms with Gasteiger partial charge >= 0.3 is 0 Å². The summed E-state index contributed by atoms with van der Waals surface area (Å²) in [5.74, 6) is 0.546. The lowest BCUT2D eigenvalue weighted by atomic mass is 10.0. The summed E-state index contributed by atoms with van der Waals surface area (Å²) in [5, 5.41) is 7.11. The lowest BCUT2D eigenvalue weighted by Gasteiger charge is -2.13. The van der Waals surface area contributed by atoms with Crippen LogP contribution in [0.3, 0.4) is 0 Å². The minimum absolute atomic E-state index is 0.546. The molecule has 0 unspecified atom stereocenters.